The van der Waals surface area contributed by atoms with E-state index in [1.54, 1.807) is 25.3 Å². The molecule has 0 fully saturated rings. The smallest absolute Gasteiger partial charge is 0.251 e. The summed E-state index contributed by atoms with van der Waals surface area (Å²) in [4.78, 5) is 12.6. The SMILES string of the molecule is COc1cc(C(C)NC(=O)c2ccc3c(c2)OCCO3)ccc1OCC(C)C. The maximum atomic E-state index is 12.6. The molecule has 2 aromatic rings. The van der Waals surface area contributed by atoms with Gasteiger partial charge >= 0.3 is 0 Å². The molecule has 6 nitrogen and oxygen atoms in total. The number of amides is 1. The number of hydrogen-bond acceptors (Lipinski definition) is 5. The summed E-state index contributed by atoms with van der Waals surface area (Å²) >= 11 is 0. The Morgan fingerprint density at radius 2 is 1.79 bits per heavy atom. The largest absolute Gasteiger partial charge is 0.493 e. The third kappa shape index (κ3) is 4.68. The predicted octanol–water partition coefficient (Wildman–Crippen LogP) is 3.99. The van der Waals surface area contributed by atoms with E-state index in [4.69, 9.17) is 18.9 Å². The number of nitrogens with one attached hydrogen (secondary N) is 1. The highest BCUT2D eigenvalue weighted by molar-refractivity contribution is 5.95. The third-order valence-corrected chi connectivity index (χ3v) is 4.41. The second-order valence-electron chi connectivity index (χ2n) is 7.17. The Balaban J connectivity index is 1.70. The Labute approximate surface area is 165 Å². The summed E-state index contributed by atoms with van der Waals surface area (Å²) in [7, 11) is 1.61. The molecule has 1 aliphatic rings. The van der Waals surface area contributed by atoms with Gasteiger partial charge < -0.3 is 24.3 Å². The van der Waals surface area contributed by atoms with Crippen LogP contribution in [0.2, 0.25) is 0 Å². The Kier molecular flexibility index (Phi) is 6.29. The normalized spacial score (nSPS) is 13.8. The van der Waals surface area contributed by atoms with E-state index >= 15 is 0 Å². The Morgan fingerprint density at radius 3 is 2.50 bits per heavy atom. The Bertz CT molecular complexity index is 834. The van der Waals surface area contributed by atoms with Crippen molar-refractivity contribution in [1.82, 2.24) is 5.32 Å². The number of carbonyl (C=O) groups excluding carboxylic acids is 1. The molecule has 3 rings (SSSR count). The highest BCUT2D eigenvalue weighted by atomic mass is 16.6. The first-order valence-electron chi connectivity index (χ1n) is 9.49. The first kappa shape index (κ1) is 19.9. The van der Waals surface area contributed by atoms with E-state index < -0.39 is 0 Å². The van der Waals surface area contributed by atoms with Gasteiger partial charge in [0, 0.05) is 5.56 Å². The topological polar surface area (TPSA) is 66.0 Å². The van der Waals surface area contributed by atoms with Crippen LogP contribution in [0, 0.1) is 5.92 Å². The van der Waals surface area contributed by atoms with Crippen LogP contribution in [0.25, 0.3) is 0 Å². The lowest BCUT2D eigenvalue weighted by molar-refractivity contribution is 0.0938. The standard InChI is InChI=1S/C22H27NO5/c1-14(2)13-28-18-7-5-16(11-20(18)25-4)15(3)23-22(24)17-6-8-19-21(12-17)27-10-9-26-19/h5-8,11-12,14-15H,9-10,13H2,1-4H3,(H,23,24). The van der Waals surface area contributed by atoms with Gasteiger partial charge in [0.05, 0.1) is 19.8 Å². The monoisotopic (exact) mass is 385 g/mol. The number of carbonyl (C=O) groups is 1. The summed E-state index contributed by atoms with van der Waals surface area (Å²) in [6.45, 7) is 7.74. The van der Waals surface area contributed by atoms with E-state index in [2.05, 4.69) is 19.2 Å². The molecule has 150 valence electrons. The van der Waals surface area contributed by atoms with Gasteiger partial charge in [-0.1, -0.05) is 19.9 Å². The first-order chi connectivity index (χ1) is 13.5. The van der Waals surface area contributed by atoms with Crippen LogP contribution in [-0.2, 0) is 0 Å². The van der Waals surface area contributed by atoms with Crippen molar-refractivity contribution in [3.05, 3.63) is 47.5 Å². The molecule has 28 heavy (non-hydrogen) atoms. The van der Waals surface area contributed by atoms with Crippen LogP contribution in [0.1, 0.15) is 42.7 Å². The summed E-state index contributed by atoms with van der Waals surface area (Å²) in [5, 5.41) is 3.01. The van der Waals surface area contributed by atoms with Crippen molar-refractivity contribution in [2.75, 3.05) is 26.9 Å². The van der Waals surface area contributed by atoms with Crippen LogP contribution in [0.5, 0.6) is 23.0 Å². The number of hydrogen-bond donors (Lipinski definition) is 1. The Hall–Kier alpha value is -2.89. The summed E-state index contributed by atoms with van der Waals surface area (Å²) in [6.07, 6.45) is 0. The molecule has 0 radical (unpaired) electrons. The molecule has 0 aromatic heterocycles. The van der Waals surface area contributed by atoms with E-state index in [0.717, 1.165) is 5.56 Å². The van der Waals surface area contributed by atoms with Gasteiger partial charge in [0.25, 0.3) is 5.91 Å². The molecular formula is C22H27NO5. The van der Waals surface area contributed by atoms with Gasteiger partial charge in [-0.25, -0.2) is 0 Å². The molecule has 0 aliphatic carbocycles. The molecule has 1 aliphatic heterocycles. The van der Waals surface area contributed by atoms with E-state index in [1.165, 1.54) is 0 Å². The second kappa shape index (κ2) is 8.87. The molecule has 1 heterocycles. The fourth-order valence-electron chi connectivity index (χ4n) is 2.88. The van der Waals surface area contributed by atoms with Gasteiger partial charge in [0.1, 0.15) is 13.2 Å². The van der Waals surface area contributed by atoms with E-state index in [1.807, 2.05) is 25.1 Å². The number of benzene rings is 2. The zero-order chi connectivity index (χ0) is 20.1. The van der Waals surface area contributed by atoms with Gasteiger partial charge in [-0.05, 0) is 48.7 Å². The highest BCUT2D eigenvalue weighted by Gasteiger charge is 2.18. The van der Waals surface area contributed by atoms with Crippen LogP contribution >= 0.6 is 0 Å². The average Bonchev–Trinajstić information content (AvgIpc) is 2.71. The van der Waals surface area contributed by atoms with Crippen molar-refractivity contribution in [1.29, 1.82) is 0 Å². The summed E-state index contributed by atoms with van der Waals surface area (Å²) in [5.74, 6) is 2.86. The summed E-state index contributed by atoms with van der Waals surface area (Å²) in [6, 6.07) is 10.7. The van der Waals surface area contributed by atoms with E-state index in [0.29, 0.717) is 54.3 Å². The van der Waals surface area contributed by atoms with Crippen molar-refractivity contribution in [3.63, 3.8) is 0 Å². The van der Waals surface area contributed by atoms with Crippen LogP contribution in [-0.4, -0.2) is 32.8 Å². The number of ether oxygens (including phenoxy) is 4. The van der Waals surface area contributed by atoms with Crippen LogP contribution in [0.15, 0.2) is 36.4 Å². The first-order valence-corrected chi connectivity index (χ1v) is 9.49. The van der Waals surface area contributed by atoms with Crippen LogP contribution in [0.3, 0.4) is 0 Å². The van der Waals surface area contributed by atoms with Crippen LogP contribution in [0.4, 0.5) is 0 Å². The molecule has 0 spiro atoms. The van der Waals surface area contributed by atoms with Crippen molar-refractivity contribution in [2.45, 2.75) is 26.8 Å². The molecule has 1 N–H and O–H groups in total. The second-order valence-corrected chi connectivity index (χ2v) is 7.17. The van der Waals surface area contributed by atoms with Gasteiger partial charge in [0.2, 0.25) is 0 Å². The van der Waals surface area contributed by atoms with Gasteiger partial charge in [-0.15, -0.1) is 0 Å². The van der Waals surface area contributed by atoms with Gasteiger partial charge in [0.15, 0.2) is 23.0 Å². The van der Waals surface area contributed by atoms with Gasteiger partial charge in [-0.3, -0.25) is 4.79 Å². The minimum Gasteiger partial charge on any atom is -0.493 e. The molecule has 1 atom stereocenters. The molecule has 0 saturated carbocycles. The lowest BCUT2D eigenvalue weighted by Gasteiger charge is -2.20. The quantitative estimate of drug-likeness (QED) is 0.781. The molecule has 1 amide bonds. The predicted molar refractivity (Wildman–Crippen MR) is 107 cm³/mol. The van der Waals surface area contributed by atoms with Gasteiger partial charge in [-0.2, -0.15) is 0 Å². The van der Waals surface area contributed by atoms with Crippen LogP contribution < -0.4 is 24.3 Å². The van der Waals surface area contributed by atoms with E-state index in [-0.39, 0.29) is 11.9 Å². The third-order valence-electron chi connectivity index (χ3n) is 4.41. The van der Waals surface area contributed by atoms with E-state index in [9.17, 15) is 4.79 Å². The minimum atomic E-state index is -0.200. The maximum absolute atomic E-state index is 12.6. The van der Waals surface area contributed by atoms with Crippen molar-refractivity contribution >= 4 is 5.91 Å². The lowest BCUT2D eigenvalue weighted by atomic mass is 10.1. The highest BCUT2D eigenvalue weighted by Crippen LogP contribution is 2.32. The number of methoxy groups -OCH3 is 1. The van der Waals surface area contributed by atoms with Crippen molar-refractivity contribution < 1.29 is 23.7 Å². The lowest BCUT2D eigenvalue weighted by Crippen LogP contribution is -2.27. The summed E-state index contributed by atoms with van der Waals surface area (Å²) < 4.78 is 22.3. The summed E-state index contributed by atoms with van der Waals surface area (Å²) in [5.41, 5.74) is 1.46. The molecule has 1 unspecified atom stereocenters. The zero-order valence-corrected chi connectivity index (χ0v) is 16.8. The van der Waals surface area contributed by atoms with Crippen molar-refractivity contribution in [2.24, 2.45) is 5.92 Å². The zero-order valence-electron chi connectivity index (χ0n) is 16.8. The van der Waals surface area contributed by atoms with Crippen molar-refractivity contribution in [3.8, 4) is 23.0 Å². The average molecular weight is 385 g/mol. The molecule has 6 heteroatoms. The number of fused-ring (bicyclic) bond motifs is 1. The molecule has 0 bridgehead atoms. The number of rotatable bonds is 7. The molecule has 0 saturated heterocycles. The fourth-order valence-corrected chi connectivity index (χ4v) is 2.88. The molecule has 2 aromatic carbocycles. The molecular weight excluding hydrogens is 358 g/mol. The minimum absolute atomic E-state index is 0.177. The fraction of sp³-hybridized carbons (Fsp3) is 0.409. The Morgan fingerprint density at radius 1 is 1.04 bits per heavy atom. The maximum Gasteiger partial charge on any atom is 0.251 e.